The molecule has 0 fully saturated rings. The van der Waals surface area contributed by atoms with Gasteiger partial charge in [-0.25, -0.2) is 10.2 Å². The zero-order valence-corrected chi connectivity index (χ0v) is 19.4. The number of methoxy groups -OCH3 is 1. The number of para-hydroxylation sites is 1. The van der Waals surface area contributed by atoms with Gasteiger partial charge in [0, 0.05) is 17.7 Å². The summed E-state index contributed by atoms with van der Waals surface area (Å²) in [5.74, 6) is 0.101. The van der Waals surface area contributed by atoms with Crippen molar-refractivity contribution in [1.82, 2.24) is 5.43 Å². The number of amides is 1. The lowest BCUT2D eigenvalue weighted by molar-refractivity contribution is -0.384. The van der Waals surface area contributed by atoms with Crippen LogP contribution in [0, 0.1) is 10.1 Å². The molecule has 0 spiro atoms. The maximum Gasteiger partial charge on any atom is 0.343 e. The van der Waals surface area contributed by atoms with Gasteiger partial charge in [0.05, 0.1) is 28.3 Å². The van der Waals surface area contributed by atoms with Crippen molar-refractivity contribution in [3.05, 3.63) is 92.4 Å². The fraction of sp³-hybridized carbons (Fsp3) is 0.0870. The molecule has 0 atom stereocenters. The van der Waals surface area contributed by atoms with E-state index in [9.17, 15) is 19.7 Å². The summed E-state index contributed by atoms with van der Waals surface area (Å²) >= 11 is 3.34. The molecule has 0 saturated carbocycles. The normalized spacial score (nSPS) is 10.5. The molecule has 0 radical (unpaired) electrons. The Bertz CT molecular complexity index is 1230. The summed E-state index contributed by atoms with van der Waals surface area (Å²) in [6.07, 6.45) is 1.32. The molecule has 0 heterocycles. The van der Waals surface area contributed by atoms with Crippen molar-refractivity contribution in [2.45, 2.75) is 0 Å². The third-order valence-corrected chi connectivity index (χ3v) is 4.95. The van der Waals surface area contributed by atoms with Gasteiger partial charge in [0.25, 0.3) is 11.6 Å². The number of nitro groups is 1. The number of hydrogen-bond donors (Lipinski definition) is 1. The van der Waals surface area contributed by atoms with E-state index in [-0.39, 0.29) is 23.6 Å². The Morgan fingerprint density at radius 2 is 1.82 bits per heavy atom. The zero-order valence-electron chi connectivity index (χ0n) is 17.8. The van der Waals surface area contributed by atoms with Crippen molar-refractivity contribution in [1.29, 1.82) is 0 Å². The first kappa shape index (κ1) is 24.4. The standard InChI is InChI=1S/C23H18BrN3O7/c1-32-18-10-11-21(19(24)12-18)33-14-22(28)26-25-13-16-4-2-3-5-20(16)34-23(29)15-6-8-17(9-7-15)27(30)31/h2-13H,14H2,1H3,(H,26,28). The number of hydrogen-bond acceptors (Lipinski definition) is 8. The summed E-state index contributed by atoms with van der Waals surface area (Å²) < 4.78 is 16.6. The predicted molar refractivity (Wildman–Crippen MR) is 126 cm³/mol. The molecule has 0 aliphatic carbocycles. The van der Waals surface area contributed by atoms with Gasteiger partial charge in [-0.2, -0.15) is 5.10 Å². The van der Waals surface area contributed by atoms with Crippen LogP contribution in [-0.4, -0.2) is 36.7 Å². The van der Waals surface area contributed by atoms with Crippen molar-refractivity contribution >= 4 is 39.7 Å². The second-order valence-corrected chi connectivity index (χ2v) is 7.46. The van der Waals surface area contributed by atoms with Gasteiger partial charge in [-0.15, -0.1) is 0 Å². The molecule has 1 amide bonds. The highest BCUT2D eigenvalue weighted by Crippen LogP contribution is 2.29. The number of nitro benzene ring substituents is 1. The van der Waals surface area contributed by atoms with Crippen LogP contribution in [0.15, 0.2) is 76.3 Å². The molecule has 11 heteroatoms. The van der Waals surface area contributed by atoms with E-state index in [1.54, 1.807) is 49.6 Å². The summed E-state index contributed by atoms with van der Waals surface area (Å²) in [5.41, 5.74) is 2.77. The summed E-state index contributed by atoms with van der Waals surface area (Å²) in [7, 11) is 1.54. The number of carbonyl (C=O) groups is 2. The van der Waals surface area contributed by atoms with Crippen molar-refractivity contribution in [2.24, 2.45) is 5.10 Å². The van der Waals surface area contributed by atoms with E-state index in [0.717, 1.165) is 0 Å². The predicted octanol–water partition coefficient (Wildman–Crippen LogP) is 4.11. The molecule has 0 saturated heterocycles. The smallest absolute Gasteiger partial charge is 0.343 e. The van der Waals surface area contributed by atoms with Crippen molar-refractivity contribution in [2.75, 3.05) is 13.7 Å². The molecular weight excluding hydrogens is 510 g/mol. The van der Waals surface area contributed by atoms with Crippen LogP contribution in [0.5, 0.6) is 17.2 Å². The van der Waals surface area contributed by atoms with Crippen LogP contribution in [0.25, 0.3) is 0 Å². The van der Waals surface area contributed by atoms with E-state index in [1.807, 2.05) is 0 Å². The Hall–Kier alpha value is -4.25. The van der Waals surface area contributed by atoms with Crippen LogP contribution in [0.1, 0.15) is 15.9 Å². The van der Waals surface area contributed by atoms with Gasteiger partial charge in [0.15, 0.2) is 6.61 Å². The second kappa shape index (κ2) is 11.6. The highest BCUT2D eigenvalue weighted by Gasteiger charge is 2.13. The van der Waals surface area contributed by atoms with E-state index >= 15 is 0 Å². The Balaban J connectivity index is 1.57. The summed E-state index contributed by atoms with van der Waals surface area (Å²) in [5, 5.41) is 14.6. The molecule has 174 valence electrons. The van der Waals surface area contributed by atoms with Gasteiger partial charge in [0.1, 0.15) is 17.2 Å². The summed E-state index contributed by atoms with van der Waals surface area (Å²) in [6.45, 7) is -0.279. The number of ether oxygens (including phenoxy) is 3. The van der Waals surface area contributed by atoms with Gasteiger partial charge < -0.3 is 14.2 Å². The molecule has 3 rings (SSSR count). The Labute approximate surface area is 202 Å². The minimum atomic E-state index is -0.696. The fourth-order valence-corrected chi connectivity index (χ4v) is 3.11. The first-order valence-corrected chi connectivity index (χ1v) is 10.5. The number of benzene rings is 3. The molecule has 0 aliphatic heterocycles. The zero-order chi connectivity index (χ0) is 24.5. The number of nitrogens with zero attached hydrogens (tertiary/aromatic N) is 2. The number of nitrogens with one attached hydrogen (secondary N) is 1. The number of rotatable bonds is 9. The molecule has 3 aromatic carbocycles. The lowest BCUT2D eigenvalue weighted by Gasteiger charge is -2.09. The molecule has 0 bridgehead atoms. The van der Waals surface area contributed by atoms with Gasteiger partial charge >= 0.3 is 5.97 Å². The van der Waals surface area contributed by atoms with E-state index in [0.29, 0.717) is 21.5 Å². The monoisotopic (exact) mass is 527 g/mol. The average molecular weight is 528 g/mol. The molecular formula is C23H18BrN3O7. The number of non-ortho nitro benzene ring substituents is 1. The Morgan fingerprint density at radius 1 is 1.09 bits per heavy atom. The van der Waals surface area contributed by atoms with Gasteiger partial charge in [-0.1, -0.05) is 12.1 Å². The first-order valence-electron chi connectivity index (χ1n) is 9.71. The molecule has 34 heavy (non-hydrogen) atoms. The minimum Gasteiger partial charge on any atom is -0.497 e. The van der Waals surface area contributed by atoms with Gasteiger partial charge in [-0.05, 0) is 58.4 Å². The fourth-order valence-electron chi connectivity index (χ4n) is 2.63. The number of hydrazone groups is 1. The number of halogens is 1. The van der Waals surface area contributed by atoms with Crippen LogP contribution in [0.3, 0.4) is 0 Å². The van der Waals surface area contributed by atoms with E-state index < -0.39 is 16.8 Å². The second-order valence-electron chi connectivity index (χ2n) is 6.61. The molecule has 0 aliphatic rings. The summed E-state index contributed by atoms with van der Waals surface area (Å²) in [4.78, 5) is 34.6. The number of carbonyl (C=O) groups excluding carboxylic acids is 2. The van der Waals surface area contributed by atoms with Crippen LogP contribution < -0.4 is 19.6 Å². The van der Waals surface area contributed by atoms with Crippen molar-refractivity contribution in [3.63, 3.8) is 0 Å². The first-order chi connectivity index (χ1) is 16.4. The van der Waals surface area contributed by atoms with E-state index in [2.05, 4.69) is 26.5 Å². The SMILES string of the molecule is COc1ccc(OCC(=O)NN=Cc2ccccc2OC(=O)c2ccc([N+](=O)[O-])cc2)c(Br)c1. The quantitative estimate of drug-likeness (QED) is 0.145. The highest BCUT2D eigenvalue weighted by atomic mass is 79.9. The maximum absolute atomic E-state index is 12.4. The Morgan fingerprint density at radius 3 is 2.50 bits per heavy atom. The largest absolute Gasteiger partial charge is 0.497 e. The minimum absolute atomic E-state index is 0.136. The van der Waals surface area contributed by atoms with Crippen LogP contribution in [0.4, 0.5) is 5.69 Å². The van der Waals surface area contributed by atoms with E-state index in [4.69, 9.17) is 14.2 Å². The lowest BCUT2D eigenvalue weighted by Crippen LogP contribution is -2.24. The third kappa shape index (κ3) is 6.62. The van der Waals surface area contributed by atoms with Crippen molar-refractivity contribution in [3.8, 4) is 17.2 Å². The molecule has 0 aromatic heterocycles. The van der Waals surface area contributed by atoms with Crippen molar-refractivity contribution < 1.29 is 28.7 Å². The molecule has 0 unspecified atom stereocenters. The van der Waals surface area contributed by atoms with Crippen LogP contribution in [0.2, 0.25) is 0 Å². The lowest BCUT2D eigenvalue weighted by atomic mass is 10.2. The van der Waals surface area contributed by atoms with Gasteiger partial charge in [-0.3, -0.25) is 14.9 Å². The topological polar surface area (TPSA) is 129 Å². The maximum atomic E-state index is 12.4. The molecule has 3 aromatic rings. The molecule has 1 N–H and O–H groups in total. The Kier molecular flexibility index (Phi) is 8.30. The van der Waals surface area contributed by atoms with Crippen LogP contribution >= 0.6 is 15.9 Å². The summed E-state index contributed by atoms with van der Waals surface area (Å²) in [6, 6.07) is 16.7. The van der Waals surface area contributed by atoms with Gasteiger partial charge in [0.2, 0.25) is 0 Å². The number of esters is 1. The average Bonchev–Trinajstić information content (AvgIpc) is 2.84. The highest BCUT2D eigenvalue weighted by molar-refractivity contribution is 9.10. The third-order valence-electron chi connectivity index (χ3n) is 4.33. The molecule has 10 nitrogen and oxygen atoms in total. The van der Waals surface area contributed by atoms with E-state index in [1.165, 1.54) is 30.5 Å². The van der Waals surface area contributed by atoms with Crippen LogP contribution in [-0.2, 0) is 4.79 Å².